The van der Waals surface area contributed by atoms with Crippen molar-refractivity contribution in [3.8, 4) is 22.8 Å². The highest BCUT2D eigenvalue weighted by Crippen LogP contribution is 2.24. The maximum absolute atomic E-state index is 12.9. The van der Waals surface area contributed by atoms with E-state index < -0.39 is 0 Å². The van der Waals surface area contributed by atoms with Crippen LogP contribution in [0.15, 0.2) is 51.9 Å². The van der Waals surface area contributed by atoms with Crippen molar-refractivity contribution in [2.24, 2.45) is 0 Å². The predicted molar refractivity (Wildman–Crippen MR) is 120 cm³/mol. The van der Waals surface area contributed by atoms with Gasteiger partial charge in [-0.05, 0) is 38.5 Å². The second kappa shape index (κ2) is 9.17. The molecule has 1 amide bonds. The zero-order chi connectivity index (χ0) is 22.7. The van der Waals surface area contributed by atoms with Crippen LogP contribution in [0.4, 0.5) is 0 Å². The Hall–Kier alpha value is -3.75. The van der Waals surface area contributed by atoms with Gasteiger partial charge in [0.15, 0.2) is 5.65 Å². The third-order valence-corrected chi connectivity index (χ3v) is 5.34. The van der Waals surface area contributed by atoms with Gasteiger partial charge in [-0.15, -0.1) is 5.10 Å². The van der Waals surface area contributed by atoms with E-state index in [1.807, 2.05) is 38.1 Å². The van der Waals surface area contributed by atoms with Crippen LogP contribution in [0.3, 0.4) is 0 Å². The number of aromatic nitrogens is 5. The van der Waals surface area contributed by atoms with Crippen LogP contribution >= 0.6 is 0 Å². The minimum atomic E-state index is -0.389. The molecule has 0 saturated heterocycles. The minimum absolute atomic E-state index is 0.115. The molecular weight excluding hydrogens is 408 g/mol. The van der Waals surface area contributed by atoms with Crippen LogP contribution in [0.2, 0.25) is 0 Å². The van der Waals surface area contributed by atoms with Gasteiger partial charge in [-0.3, -0.25) is 4.79 Å². The van der Waals surface area contributed by atoms with Crippen molar-refractivity contribution in [2.75, 3.05) is 13.1 Å². The van der Waals surface area contributed by atoms with Gasteiger partial charge in [0.2, 0.25) is 11.7 Å². The molecule has 0 bridgehead atoms. The Morgan fingerprint density at radius 2 is 2.03 bits per heavy atom. The van der Waals surface area contributed by atoms with E-state index in [0.29, 0.717) is 30.1 Å². The molecule has 0 atom stereocenters. The van der Waals surface area contributed by atoms with Crippen LogP contribution in [-0.4, -0.2) is 48.2 Å². The van der Waals surface area contributed by atoms with E-state index in [0.717, 1.165) is 24.0 Å². The van der Waals surface area contributed by atoms with Crippen molar-refractivity contribution < 1.29 is 9.32 Å². The number of carbonyl (C=O) groups excluding carboxylic acids is 1. The minimum Gasteiger partial charge on any atom is -0.341 e. The lowest BCUT2D eigenvalue weighted by atomic mass is 10.1. The summed E-state index contributed by atoms with van der Waals surface area (Å²) in [6.45, 7) is 7.15. The van der Waals surface area contributed by atoms with Crippen LogP contribution < -0.4 is 5.69 Å². The quantitative estimate of drug-likeness (QED) is 0.422. The smallest absolute Gasteiger partial charge is 0.341 e. The number of fused-ring (bicyclic) bond motifs is 1. The SMILES string of the molecule is CCCCN(CC)C(=O)Cn1nc2c(-c3nc(-c4cccc(C)c4)no3)cccn2c1=O. The number of unbranched alkanes of at least 4 members (excludes halogenated alkanes) is 1. The Morgan fingerprint density at radius 3 is 2.78 bits per heavy atom. The first kappa shape index (κ1) is 21.5. The number of benzene rings is 1. The molecule has 0 aliphatic heterocycles. The second-order valence-corrected chi connectivity index (χ2v) is 7.68. The molecule has 0 saturated carbocycles. The maximum Gasteiger partial charge on any atom is 0.350 e. The van der Waals surface area contributed by atoms with Crippen molar-refractivity contribution in [2.45, 2.75) is 40.2 Å². The number of amides is 1. The van der Waals surface area contributed by atoms with E-state index in [2.05, 4.69) is 22.2 Å². The zero-order valence-electron chi connectivity index (χ0n) is 18.5. The fraction of sp³-hybridized carbons (Fsp3) is 0.348. The Morgan fingerprint density at radius 1 is 1.19 bits per heavy atom. The number of rotatable bonds is 8. The van der Waals surface area contributed by atoms with Crippen LogP contribution in [0, 0.1) is 6.92 Å². The van der Waals surface area contributed by atoms with Crippen LogP contribution in [0.1, 0.15) is 32.3 Å². The second-order valence-electron chi connectivity index (χ2n) is 7.68. The summed E-state index contributed by atoms with van der Waals surface area (Å²) in [6, 6.07) is 11.3. The van der Waals surface area contributed by atoms with Gasteiger partial charge in [-0.2, -0.15) is 4.98 Å². The van der Waals surface area contributed by atoms with Crippen molar-refractivity contribution in [3.05, 3.63) is 58.6 Å². The lowest BCUT2D eigenvalue weighted by molar-refractivity contribution is -0.132. The Kier molecular flexibility index (Phi) is 6.16. The highest BCUT2D eigenvalue weighted by molar-refractivity contribution is 5.76. The van der Waals surface area contributed by atoms with Crippen LogP contribution in [-0.2, 0) is 11.3 Å². The lowest BCUT2D eigenvalue weighted by Gasteiger charge is -2.20. The van der Waals surface area contributed by atoms with E-state index in [-0.39, 0.29) is 24.0 Å². The van der Waals surface area contributed by atoms with Crippen molar-refractivity contribution in [1.82, 2.24) is 29.2 Å². The van der Waals surface area contributed by atoms with Gasteiger partial charge in [0, 0.05) is 24.8 Å². The Balaban J connectivity index is 1.67. The highest BCUT2D eigenvalue weighted by atomic mass is 16.5. The summed E-state index contributed by atoms with van der Waals surface area (Å²) in [5.74, 6) is 0.582. The molecule has 4 aromatic rings. The van der Waals surface area contributed by atoms with E-state index in [9.17, 15) is 9.59 Å². The molecule has 9 nitrogen and oxygen atoms in total. The number of pyridine rings is 1. The molecule has 3 heterocycles. The van der Waals surface area contributed by atoms with E-state index in [1.54, 1.807) is 23.2 Å². The zero-order valence-corrected chi connectivity index (χ0v) is 18.5. The molecule has 0 aliphatic rings. The summed E-state index contributed by atoms with van der Waals surface area (Å²) >= 11 is 0. The summed E-state index contributed by atoms with van der Waals surface area (Å²) in [6.07, 6.45) is 3.53. The van der Waals surface area contributed by atoms with Crippen molar-refractivity contribution in [1.29, 1.82) is 0 Å². The number of carbonyl (C=O) groups is 1. The van der Waals surface area contributed by atoms with E-state index in [4.69, 9.17) is 4.52 Å². The molecular formula is C23H26N6O3. The molecule has 0 N–H and O–H groups in total. The summed E-state index contributed by atoms with van der Waals surface area (Å²) in [5.41, 5.74) is 2.43. The van der Waals surface area contributed by atoms with Gasteiger partial charge in [0.1, 0.15) is 6.54 Å². The molecule has 1 aromatic carbocycles. The topological polar surface area (TPSA) is 98.5 Å². The van der Waals surface area contributed by atoms with Crippen molar-refractivity contribution >= 4 is 11.6 Å². The van der Waals surface area contributed by atoms with Crippen LogP contribution in [0.25, 0.3) is 28.5 Å². The molecule has 0 unspecified atom stereocenters. The van der Waals surface area contributed by atoms with E-state index >= 15 is 0 Å². The van der Waals surface area contributed by atoms with Crippen molar-refractivity contribution in [3.63, 3.8) is 0 Å². The number of likely N-dealkylation sites (N-methyl/N-ethyl adjacent to an activating group) is 1. The Labute approximate surface area is 185 Å². The third kappa shape index (κ3) is 4.18. The number of aryl methyl sites for hydroxylation is 1. The van der Waals surface area contributed by atoms with Gasteiger partial charge in [0.05, 0.1) is 5.56 Å². The van der Waals surface area contributed by atoms with Gasteiger partial charge < -0.3 is 9.42 Å². The summed E-state index contributed by atoms with van der Waals surface area (Å²) in [4.78, 5) is 31.8. The normalized spacial score (nSPS) is 11.2. The maximum atomic E-state index is 12.9. The highest BCUT2D eigenvalue weighted by Gasteiger charge is 2.20. The first-order valence-corrected chi connectivity index (χ1v) is 10.8. The monoisotopic (exact) mass is 434 g/mol. The molecule has 0 aliphatic carbocycles. The molecule has 9 heteroatoms. The average molecular weight is 435 g/mol. The first-order valence-electron chi connectivity index (χ1n) is 10.8. The standard InChI is InChI=1S/C23H26N6O3/c1-4-6-12-27(5-2)19(30)15-29-23(31)28-13-8-11-18(21(28)25-29)22-24-20(26-32-22)17-10-7-9-16(3)14-17/h7-11,13-14H,4-6,12,15H2,1-3H3. The molecule has 0 fully saturated rings. The molecule has 4 rings (SSSR count). The van der Waals surface area contributed by atoms with Gasteiger partial charge in [0.25, 0.3) is 5.89 Å². The molecule has 0 radical (unpaired) electrons. The summed E-state index contributed by atoms with van der Waals surface area (Å²) in [7, 11) is 0. The average Bonchev–Trinajstić information content (AvgIpc) is 3.40. The molecule has 32 heavy (non-hydrogen) atoms. The van der Waals surface area contributed by atoms with Crippen LogP contribution in [0.5, 0.6) is 0 Å². The predicted octanol–water partition coefficient (Wildman–Crippen LogP) is 3.17. The third-order valence-electron chi connectivity index (χ3n) is 5.34. The number of hydrogen-bond acceptors (Lipinski definition) is 6. The lowest BCUT2D eigenvalue weighted by Crippen LogP contribution is -2.37. The van der Waals surface area contributed by atoms with Gasteiger partial charge in [-0.25, -0.2) is 13.9 Å². The molecule has 0 spiro atoms. The molecule has 166 valence electrons. The fourth-order valence-electron chi connectivity index (χ4n) is 3.58. The Bertz CT molecular complexity index is 1300. The van der Waals surface area contributed by atoms with Gasteiger partial charge >= 0.3 is 5.69 Å². The summed E-state index contributed by atoms with van der Waals surface area (Å²) < 4.78 is 8.06. The van der Waals surface area contributed by atoms with Gasteiger partial charge in [-0.1, -0.05) is 42.3 Å². The molecule has 3 aromatic heterocycles. The number of hydrogen-bond donors (Lipinski definition) is 0. The summed E-state index contributed by atoms with van der Waals surface area (Å²) in [5, 5.41) is 8.50. The van der Waals surface area contributed by atoms with E-state index in [1.165, 1.54) is 9.08 Å². The first-order chi connectivity index (χ1) is 15.5. The largest absolute Gasteiger partial charge is 0.350 e. The fourth-order valence-corrected chi connectivity index (χ4v) is 3.58. The number of nitrogens with zero attached hydrogens (tertiary/aromatic N) is 6.